The van der Waals surface area contributed by atoms with Gasteiger partial charge in [-0.05, 0) is 90.5 Å². The van der Waals surface area contributed by atoms with Crippen molar-refractivity contribution in [3.63, 3.8) is 0 Å². The van der Waals surface area contributed by atoms with Crippen LogP contribution in [0.2, 0.25) is 0 Å². The molecule has 3 heteroatoms. The van der Waals surface area contributed by atoms with E-state index in [4.69, 9.17) is 9.31 Å². The normalized spacial score (nSPS) is 23.3. The fourth-order valence-electron chi connectivity index (χ4n) is 7.72. The molecule has 3 aromatic carbocycles. The molecular weight excluding hydrogens is 439 g/mol. The Kier molecular flexibility index (Phi) is 4.53. The van der Waals surface area contributed by atoms with E-state index in [9.17, 15) is 0 Å². The lowest BCUT2D eigenvalue weighted by Crippen LogP contribution is -2.41. The van der Waals surface area contributed by atoms with E-state index in [1.807, 2.05) is 0 Å². The third kappa shape index (κ3) is 2.77. The van der Waals surface area contributed by atoms with Crippen LogP contribution in [0.25, 0.3) is 22.3 Å². The minimum absolute atomic E-state index is 0.0812. The van der Waals surface area contributed by atoms with Crippen LogP contribution in [0.4, 0.5) is 0 Å². The number of hydrogen-bond donors (Lipinski definition) is 0. The van der Waals surface area contributed by atoms with Gasteiger partial charge in [0.25, 0.3) is 0 Å². The summed E-state index contributed by atoms with van der Waals surface area (Å²) in [5.74, 6) is 0. The van der Waals surface area contributed by atoms with E-state index in [1.165, 1.54) is 59.9 Å². The van der Waals surface area contributed by atoms with Crippen LogP contribution in [-0.2, 0) is 20.1 Å². The Balaban J connectivity index is 1.40. The van der Waals surface area contributed by atoms with E-state index in [0.717, 1.165) is 5.46 Å². The molecule has 1 saturated heterocycles. The van der Waals surface area contributed by atoms with E-state index in [-0.39, 0.29) is 29.2 Å². The molecule has 184 valence electrons. The summed E-state index contributed by atoms with van der Waals surface area (Å²) in [5.41, 5.74) is 12.4. The summed E-state index contributed by atoms with van der Waals surface area (Å²) in [4.78, 5) is 0. The molecule has 7 rings (SSSR count). The summed E-state index contributed by atoms with van der Waals surface area (Å²) in [7, 11) is -0.334. The molecule has 0 amide bonds. The first-order valence-electron chi connectivity index (χ1n) is 13.9. The molecule has 3 aliphatic carbocycles. The Labute approximate surface area is 216 Å². The summed E-state index contributed by atoms with van der Waals surface area (Å²) in [5, 5.41) is 0. The molecular formula is C33H37BO2. The van der Waals surface area contributed by atoms with Crippen LogP contribution in [0, 0.1) is 0 Å². The molecule has 0 bridgehead atoms. The predicted molar refractivity (Wildman–Crippen MR) is 149 cm³/mol. The van der Waals surface area contributed by atoms with Crippen LogP contribution in [0.1, 0.15) is 95.9 Å². The highest BCUT2D eigenvalue weighted by Gasteiger charge is 2.53. The monoisotopic (exact) mass is 476 g/mol. The molecule has 0 unspecified atom stereocenters. The van der Waals surface area contributed by atoms with Gasteiger partial charge in [0.2, 0.25) is 0 Å². The zero-order valence-electron chi connectivity index (χ0n) is 22.6. The van der Waals surface area contributed by atoms with Crippen LogP contribution >= 0.6 is 0 Å². The van der Waals surface area contributed by atoms with Crippen molar-refractivity contribution in [1.82, 2.24) is 0 Å². The van der Waals surface area contributed by atoms with Crippen molar-refractivity contribution in [1.29, 1.82) is 0 Å². The van der Waals surface area contributed by atoms with E-state index in [0.29, 0.717) is 0 Å². The maximum Gasteiger partial charge on any atom is 0.494 e. The third-order valence-corrected chi connectivity index (χ3v) is 10.3. The molecule has 36 heavy (non-hydrogen) atoms. The van der Waals surface area contributed by atoms with Gasteiger partial charge < -0.3 is 9.31 Å². The second-order valence-electron chi connectivity index (χ2n) is 13.1. The minimum Gasteiger partial charge on any atom is -0.399 e. The van der Waals surface area contributed by atoms with Gasteiger partial charge in [-0.15, -0.1) is 0 Å². The Morgan fingerprint density at radius 1 is 0.611 bits per heavy atom. The van der Waals surface area contributed by atoms with Gasteiger partial charge >= 0.3 is 7.12 Å². The van der Waals surface area contributed by atoms with Crippen molar-refractivity contribution >= 4 is 12.6 Å². The highest BCUT2D eigenvalue weighted by Crippen LogP contribution is 2.62. The Morgan fingerprint density at radius 3 is 1.89 bits per heavy atom. The van der Waals surface area contributed by atoms with Gasteiger partial charge in [-0.3, -0.25) is 0 Å². The highest BCUT2D eigenvalue weighted by molar-refractivity contribution is 6.62. The molecule has 1 saturated carbocycles. The number of rotatable bonds is 1. The molecule has 0 aromatic heterocycles. The molecule has 0 N–H and O–H groups in total. The number of hydrogen-bond acceptors (Lipinski definition) is 2. The first kappa shape index (κ1) is 22.8. The van der Waals surface area contributed by atoms with Gasteiger partial charge in [0.15, 0.2) is 0 Å². The quantitative estimate of drug-likeness (QED) is 0.338. The summed E-state index contributed by atoms with van der Waals surface area (Å²) in [6, 6.07) is 21.0. The van der Waals surface area contributed by atoms with Crippen molar-refractivity contribution in [2.75, 3.05) is 0 Å². The Morgan fingerprint density at radius 2 is 1.19 bits per heavy atom. The van der Waals surface area contributed by atoms with Crippen LogP contribution in [0.15, 0.2) is 54.6 Å². The molecule has 2 fully saturated rings. The van der Waals surface area contributed by atoms with Crippen LogP contribution in [0.5, 0.6) is 0 Å². The van der Waals surface area contributed by atoms with Crippen molar-refractivity contribution in [3.05, 3.63) is 76.9 Å². The van der Waals surface area contributed by atoms with Crippen molar-refractivity contribution in [2.24, 2.45) is 0 Å². The topological polar surface area (TPSA) is 18.5 Å². The predicted octanol–water partition coefficient (Wildman–Crippen LogP) is 7.52. The molecule has 1 aliphatic heterocycles. The van der Waals surface area contributed by atoms with Crippen LogP contribution < -0.4 is 5.46 Å². The van der Waals surface area contributed by atoms with Crippen molar-refractivity contribution < 1.29 is 9.31 Å². The standard InChI is InChI=1S/C33H37BO2/c1-30(2)27-20-21(34-35-31(3,4)32(5,6)36-34)14-15-23(27)24-16-17-25-22-12-8-9-13-26(22)33(29(25)28(24)30)18-10-7-11-19-33/h8-9,12-17,20H,7,10-11,18-19H2,1-6H3. The van der Waals surface area contributed by atoms with Crippen molar-refractivity contribution in [3.8, 4) is 22.3 Å². The molecule has 0 atom stereocenters. The smallest absolute Gasteiger partial charge is 0.399 e. The maximum atomic E-state index is 6.44. The lowest BCUT2D eigenvalue weighted by Gasteiger charge is -2.39. The molecule has 0 radical (unpaired) electrons. The molecule has 3 aromatic rings. The first-order chi connectivity index (χ1) is 17.1. The van der Waals surface area contributed by atoms with Gasteiger partial charge in [0.05, 0.1) is 11.2 Å². The number of fused-ring (bicyclic) bond motifs is 9. The highest BCUT2D eigenvalue weighted by atomic mass is 16.7. The Hall–Kier alpha value is -2.36. The van der Waals surface area contributed by atoms with E-state index in [1.54, 1.807) is 16.7 Å². The molecule has 1 spiro atoms. The fraction of sp³-hybridized carbons (Fsp3) is 0.455. The van der Waals surface area contributed by atoms with Gasteiger partial charge in [0.1, 0.15) is 0 Å². The summed E-state index contributed by atoms with van der Waals surface area (Å²) < 4.78 is 12.9. The van der Waals surface area contributed by atoms with E-state index < -0.39 is 0 Å². The zero-order valence-corrected chi connectivity index (χ0v) is 22.6. The lowest BCUT2D eigenvalue weighted by atomic mass is 9.64. The van der Waals surface area contributed by atoms with E-state index in [2.05, 4.69) is 96.1 Å². The number of benzene rings is 3. The maximum absolute atomic E-state index is 6.44. The summed E-state index contributed by atoms with van der Waals surface area (Å²) in [6.45, 7) is 13.4. The Bertz CT molecular complexity index is 1390. The summed E-state index contributed by atoms with van der Waals surface area (Å²) >= 11 is 0. The van der Waals surface area contributed by atoms with Gasteiger partial charge in [0, 0.05) is 10.8 Å². The molecule has 4 aliphatic rings. The molecule has 2 nitrogen and oxygen atoms in total. The van der Waals surface area contributed by atoms with Crippen molar-refractivity contribution in [2.45, 2.75) is 95.7 Å². The zero-order chi connectivity index (χ0) is 25.1. The minimum atomic E-state index is -0.338. The van der Waals surface area contributed by atoms with Gasteiger partial charge in [-0.2, -0.15) is 0 Å². The average Bonchev–Trinajstić information content (AvgIpc) is 3.35. The van der Waals surface area contributed by atoms with Crippen LogP contribution in [-0.4, -0.2) is 18.3 Å². The van der Waals surface area contributed by atoms with E-state index >= 15 is 0 Å². The van der Waals surface area contributed by atoms with Gasteiger partial charge in [-0.25, -0.2) is 0 Å². The third-order valence-electron chi connectivity index (χ3n) is 10.3. The summed E-state index contributed by atoms with van der Waals surface area (Å²) in [6.07, 6.45) is 6.52. The second-order valence-corrected chi connectivity index (χ2v) is 13.1. The second kappa shape index (κ2) is 7.14. The first-order valence-corrected chi connectivity index (χ1v) is 13.9. The van der Waals surface area contributed by atoms with Crippen LogP contribution in [0.3, 0.4) is 0 Å². The molecule has 1 heterocycles. The lowest BCUT2D eigenvalue weighted by molar-refractivity contribution is 0.00578. The SMILES string of the molecule is CC1(C)c2cc(B3OC(C)(C)C(C)(C)O3)ccc2-c2ccc3c(c21)C1(CCCCC1)c1ccccc1-3. The van der Waals surface area contributed by atoms with Gasteiger partial charge in [-0.1, -0.05) is 87.7 Å². The fourth-order valence-corrected chi connectivity index (χ4v) is 7.72. The largest absolute Gasteiger partial charge is 0.494 e. The average molecular weight is 476 g/mol.